The summed E-state index contributed by atoms with van der Waals surface area (Å²) in [5.41, 5.74) is 0.317. The lowest BCUT2D eigenvalue weighted by atomic mass is 9.93. The van der Waals surface area contributed by atoms with Crippen molar-refractivity contribution in [2.75, 3.05) is 56.1 Å². The first-order valence-corrected chi connectivity index (χ1v) is 11.6. The Bertz CT molecular complexity index is 797. The van der Waals surface area contributed by atoms with Crippen LogP contribution in [0.25, 0.3) is 0 Å². The van der Waals surface area contributed by atoms with Crippen LogP contribution in [0.4, 0.5) is 16.2 Å². The van der Waals surface area contributed by atoms with E-state index in [0.29, 0.717) is 37.1 Å². The molecule has 0 unspecified atom stereocenters. The molecule has 3 fully saturated rings. The summed E-state index contributed by atoms with van der Waals surface area (Å²) in [6, 6.07) is 0.789. The molecule has 166 valence electrons. The number of nitrogens with one attached hydrogen (secondary N) is 1. The zero-order valence-electron chi connectivity index (χ0n) is 18.0. The van der Waals surface area contributed by atoms with Gasteiger partial charge in [0, 0.05) is 51.4 Å². The maximum absolute atomic E-state index is 12.3. The highest BCUT2D eigenvalue weighted by Crippen LogP contribution is 2.27. The molecule has 1 N–H and O–H groups in total. The van der Waals surface area contributed by atoms with Crippen LogP contribution in [0.2, 0.25) is 0 Å². The average molecular weight is 419 g/mol. The highest BCUT2D eigenvalue weighted by molar-refractivity contribution is 5.75. The number of ether oxygens (including phenoxy) is 1. The number of hydrogen-bond donors (Lipinski definition) is 1. The third-order valence-corrected chi connectivity index (χ3v) is 6.98. The van der Waals surface area contributed by atoms with Crippen LogP contribution in [-0.2, 0) is 4.74 Å². The number of nitrogens with zero attached hydrogens (tertiary/aromatic N) is 3. The second kappa shape index (κ2) is 9.37. The summed E-state index contributed by atoms with van der Waals surface area (Å²) >= 11 is 0. The van der Waals surface area contributed by atoms with E-state index in [9.17, 15) is 14.4 Å². The Balaban J connectivity index is 1.32. The lowest BCUT2D eigenvalue weighted by molar-refractivity contribution is 0.0983. The van der Waals surface area contributed by atoms with Crippen molar-refractivity contribution in [1.29, 1.82) is 0 Å². The Morgan fingerprint density at radius 1 is 0.933 bits per heavy atom. The van der Waals surface area contributed by atoms with Crippen LogP contribution in [0, 0.1) is 0 Å². The van der Waals surface area contributed by atoms with Crippen LogP contribution in [0.15, 0.2) is 9.59 Å². The Morgan fingerprint density at radius 2 is 1.60 bits per heavy atom. The van der Waals surface area contributed by atoms with Crippen molar-refractivity contribution in [1.82, 2.24) is 9.80 Å². The molecule has 0 radical (unpaired) electrons. The first-order chi connectivity index (χ1) is 14.6. The van der Waals surface area contributed by atoms with E-state index >= 15 is 0 Å². The van der Waals surface area contributed by atoms with Crippen LogP contribution >= 0.6 is 0 Å². The van der Waals surface area contributed by atoms with Crippen molar-refractivity contribution in [2.24, 2.45) is 0 Å². The van der Waals surface area contributed by atoms with Crippen molar-refractivity contribution in [3.63, 3.8) is 0 Å². The van der Waals surface area contributed by atoms with Crippen LogP contribution in [0.5, 0.6) is 0 Å². The fourth-order valence-electron chi connectivity index (χ4n) is 5.20. The number of anilines is 2. The maximum atomic E-state index is 12.3. The summed E-state index contributed by atoms with van der Waals surface area (Å²) in [5, 5.41) is 3.32. The van der Waals surface area contributed by atoms with E-state index in [1.807, 2.05) is 0 Å². The van der Waals surface area contributed by atoms with Gasteiger partial charge < -0.3 is 19.9 Å². The number of rotatable bonds is 5. The molecule has 0 aromatic heterocycles. The van der Waals surface area contributed by atoms with Gasteiger partial charge in [-0.2, -0.15) is 0 Å². The lowest BCUT2D eigenvalue weighted by Gasteiger charge is -2.42. The van der Waals surface area contributed by atoms with E-state index < -0.39 is 5.43 Å². The topological polar surface area (TPSA) is 82.2 Å². The molecule has 8 nitrogen and oxygen atoms in total. The molecule has 1 aliphatic carbocycles. The van der Waals surface area contributed by atoms with E-state index in [1.165, 1.54) is 32.1 Å². The van der Waals surface area contributed by atoms with Gasteiger partial charge >= 0.3 is 6.09 Å². The molecule has 0 spiro atoms. The molecule has 8 heteroatoms. The monoisotopic (exact) mass is 418 g/mol. The smallest absolute Gasteiger partial charge is 0.409 e. The predicted molar refractivity (Wildman–Crippen MR) is 117 cm³/mol. The minimum absolute atomic E-state index is 0.0984. The van der Waals surface area contributed by atoms with Crippen molar-refractivity contribution in [3.8, 4) is 0 Å². The molecule has 0 bridgehead atoms. The Hall–Kier alpha value is -2.09. The summed E-state index contributed by atoms with van der Waals surface area (Å²) in [5.74, 6) is 0. The summed E-state index contributed by atoms with van der Waals surface area (Å²) in [7, 11) is 0. The molecule has 1 amide bonds. The van der Waals surface area contributed by atoms with Gasteiger partial charge in [-0.25, -0.2) is 4.79 Å². The number of carbonyl (C=O) groups is 1. The molecule has 2 heterocycles. The number of piperazine rings is 1. The van der Waals surface area contributed by atoms with Crippen LogP contribution in [-0.4, -0.2) is 73.9 Å². The number of hydrogen-bond acceptors (Lipinski definition) is 7. The summed E-state index contributed by atoms with van der Waals surface area (Å²) in [4.78, 5) is 42.8. The highest BCUT2D eigenvalue weighted by Gasteiger charge is 2.32. The fraction of sp³-hybridized carbons (Fsp3) is 0.773. The van der Waals surface area contributed by atoms with Crippen molar-refractivity contribution in [2.45, 2.75) is 64.0 Å². The van der Waals surface area contributed by atoms with Crippen LogP contribution in [0.1, 0.15) is 51.9 Å². The fourth-order valence-corrected chi connectivity index (χ4v) is 5.20. The van der Waals surface area contributed by atoms with E-state index in [2.05, 4.69) is 15.1 Å². The number of likely N-dealkylation sites (tertiary alicyclic amines) is 1. The zero-order valence-corrected chi connectivity index (χ0v) is 18.0. The normalized spacial score (nSPS) is 22.4. The van der Waals surface area contributed by atoms with E-state index in [0.717, 1.165) is 39.0 Å². The molecule has 1 saturated carbocycles. The first kappa shape index (κ1) is 21.2. The second-order valence-corrected chi connectivity index (χ2v) is 8.80. The third-order valence-electron chi connectivity index (χ3n) is 6.98. The third kappa shape index (κ3) is 4.33. The van der Waals surface area contributed by atoms with Gasteiger partial charge in [-0.15, -0.1) is 0 Å². The van der Waals surface area contributed by atoms with E-state index in [4.69, 9.17) is 4.74 Å². The number of piperidine rings is 1. The Kier molecular flexibility index (Phi) is 6.61. The first-order valence-electron chi connectivity index (χ1n) is 11.6. The summed E-state index contributed by atoms with van der Waals surface area (Å²) in [6.07, 6.45) is 7.79. The van der Waals surface area contributed by atoms with Crippen molar-refractivity contribution < 1.29 is 9.53 Å². The highest BCUT2D eigenvalue weighted by atomic mass is 16.6. The quantitative estimate of drug-likeness (QED) is 0.730. The Labute approximate surface area is 177 Å². The summed E-state index contributed by atoms with van der Waals surface area (Å²) < 4.78 is 5.06. The Morgan fingerprint density at radius 3 is 2.23 bits per heavy atom. The van der Waals surface area contributed by atoms with Crippen molar-refractivity contribution in [3.05, 3.63) is 20.4 Å². The van der Waals surface area contributed by atoms with Gasteiger partial charge in [-0.1, -0.05) is 19.3 Å². The molecule has 1 aromatic rings. The molecule has 30 heavy (non-hydrogen) atoms. The van der Waals surface area contributed by atoms with Gasteiger partial charge in [0.25, 0.3) is 10.9 Å². The molecule has 4 rings (SSSR count). The van der Waals surface area contributed by atoms with Gasteiger partial charge in [0.15, 0.2) is 0 Å². The molecule has 0 atom stereocenters. The maximum Gasteiger partial charge on any atom is 0.409 e. The average Bonchev–Trinajstić information content (AvgIpc) is 2.80. The lowest BCUT2D eigenvalue weighted by Crippen LogP contribution is -2.54. The van der Waals surface area contributed by atoms with Gasteiger partial charge in [-0.05, 0) is 32.6 Å². The van der Waals surface area contributed by atoms with E-state index in [1.54, 1.807) is 11.8 Å². The minimum Gasteiger partial charge on any atom is -0.450 e. The molecular weight excluding hydrogens is 384 g/mol. The van der Waals surface area contributed by atoms with Crippen molar-refractivity contribution >= 4 is 17.5 Å². The molecule has 3 aliphatic rings. The molecular formula is C22H34N4O4. The standard InChI is InChI=1S/C22H34N4O4/c1-2-30-22(29)26-10-8-16(9-11-26)23-18-19(21(28)20(18)27)25-14-12-24(13-15-25)17-6-4-3-5-7-17/h16-17,23H,2-15H2,1H3. The van der Waals surface area contributed by atoms with Crippen LogP contribution in [0.3, 0.4) is 0 Å². The summed E-state index contributed by atoms with van der Waals surface area (Å²) in [6.45, 7) is 6.89. The largest absolute Gasteiger partial charge is 0.450 e. The SMILES string of the molecule is CCOC(=O)N1CCC(Nc2c(N3CCN(C4CCCCC4)CC3)c(=O)c2=O)CC1. The molecule has 1 aromatic carbocycles. The number of amides is 1. The van der Waals surface area contributed by atoms with E-state index in [-0.39, 0.29) is 17.6 Å². The number of carbonyl (C=O) groups excluding carboxylic acids is 1. The van der Waals surface area contributed by atoms with Gasteiger partial charge in [0.05, 0.1) is 6.61 Å². The molecule has 2 aliphatic heterocycles. The minimum atomic E-state index is -0.396. The molecule has 2 saturated heterocycles. The van der Waals surface area contributed by atoms with Gasteiger partial charge in [0.1, 0.15) is 11.4 Å². The van der Waals surface area contributed by atoms with Crippen LogP contribution < -0.4 is 21.1 Å². The van der Waals surface area contributed by atoms with Gasteiger partial charge in [0.2, 0.25) is 0 Å². The predicted octanol–water partition coefficient (Wildman–Crippen LogP) is 1.77. The second-order valence-electron chi connectivity index (χ2n) is 8.80. The van der Waals surface area contributed by atoms with Gasteiger partial charge in [-0.3, -0.25) is 14.5 Å². The zero-order chi connectivity index (χ0) is 21.1.